The van der Waals surface area contributed by atoms with Gasteiger partial charge in [0.15, 0.2) is 0 Å². The minimum absolute atomic E-state index is 0.148. The summed E-state index contributed by atoms with van der Waals surface area (Å²) in [6.07, 6.45) is 17.5. The summed E-state index contributed by atoms with van der Waals surface area (Å²) in [4.78, 5) is 2.81. The Hall–Kier alpha value is -1.18. The monoisotopic (exact) mass is 651 g/mol. The molecular formula is C41H74N6. The molecule has 0 heterocycles. The van der Waals surface area contributed by atoms with Crippen LogP contribution in [0.1, 0.15) is 143 Å². The number of hydrogen-bond acceptors (Lipinski definition) is 6. The van der Waals surface area contributed by atoms with Crippen molar-refractivity contribution < 1.29 is 0 Å². The summed E-state index contributed by atoms with van der Waals surface area (Å²) >= 11 is 0. The molecule has 0 bridgehead atoms. The van der Waals surface area contributed by atoms with E-state index in [1.54, 1.807) is 5.56 Å². The van der Waals surface area contributed by atoms with Crippen LogP contribution in [0, 0.1) is 11.8 Å². The van der Waals surface area contributed by atoms with Gasteiger partial charge in [0, 0.05) is 66.0 Å². The van der Waals surface area contributed by atoms with Gasteiger partial charge in [-0.05, 0) is 149 Å². The molecule has 0 aliphatic heterocycles. The van der Waals surface area contributed by atoms with Crippen LogP contribution in [0.5, 0.6) is 0 Å². The van der Waals surface area contributed by atoms with E-state index in [0.717, 1.165) is 56.6 Å². The molecule has 0 amide bonds. The molecule has 0 spiro atoms. The highest BCUT2D eigenvalue weighted by Gasteiger charge is 2.46. The van der Waals surface area contributed by atoms with Gasteiger partial charge in [0.05, 0.1) is 0 Å². The number of hydrogen-bond donors (Lipinski definition) is 5. The van der Waals surface area contributed by atoms with Gasteiger partial charge in [0.25, 0.3) is 0 Å². The predicted octanol–water partition coefficient (Wildman–Crippen LogP) is 7.34. The summed E-state index contributed by atoms with van der Waals surface area (Å²) in [5.74, 6) is 2.55. The van der Waals surface area contributed by atoms with Crippen LogP contribution >= 0.6 is 0 Å². The van der Waals surface area contributed by atoms with E-state index in [4.69, 9.17) is 0 Å². The zero-order valence-electron chi connectivity index (χ0n) is 31.7. The summed E-state index contributed by atoms with van der Waals surface area (Å²) in [7, 11) is 0. The first kappa shape index (κ1) is 37.1. The smallest absolute Gasteiger partial charge is 0.0371 e. The Kier molecular flexibility index (Phi) is 13.2. The lowest BCUT2D eigenvalue weighted by atomic mass is 9.85. The van der Waals surface area contributed by atoms with Crippen molar-refractivity contribution in [2.75, 3.05) is 44.2 Å². The standard InChI is InChI=1S/C41H74N6/c1-39(2,3)44-24-13-27-47(38-30-36(38)31-14-9-8-10-15-31)34-17-11-16-32(28-34)35-29-37(35)43-25-26-46-41(6,7)21-20-40(4,5)45-23-12-22-42-33-18-19-33/h11,16-17,28,31,33,35-38,42-46H,8-10,12-15,18-27,29-30H2,1-7H3. The average Bonchev–Trinajstić information content (AvgIpc) is 3.89. The van der Waals surface area contributed by atoms with E-state index in [1.165, 1.54) is 95.7 Å². The molecule has 0 radical (unpaired) electrons. The van der Waals surface area contributed by atoms with Gasteiger partial charge in [-0.1, -0.05) is 44.2 Å². The van der Waals surface area contributed by atoms with E-state index in [2.05, 4.69) is 104 Å². The van der Waals surface area contributed by atoms with Crippen LogP contribution in [0.3, 0.4) is 0 Å². The highest BCUT2D eigenvalue weighted by Crippen LogP contribution is 2.49. The van der Waals surface area contributed by atoms with Crippen molar-refractivity contribution in [3.63, 3.8) is 0 Å². The average molecular weight is 651 g/mol. The third-order valence-electron chi connectivity index (χ3n) is 11.6. The van der Waals surface area contributed by atoms with Gasteiger partial charge in [-0.2, -0.15) is 0 Å². The fourth-order valence-corrected chi connectivity index (χ4v) is 8.12. The highest BCUT2D eigenvalue weighted by molar-refractivity contribution is 5.53. The quantitative estimate of drug-likeness (QED) is 0.0847. The predicted molar refractivity (Wildman–Crippen MR) is 203 cm³/mol. The molecule has 4 aliphatic rings. The molecule has 4 atom stereocenters. The molecule has 0 aromatic heterocycles. The van der Waals surface area contributed by atoms with Gasteiger partial charge in [-0.3, -0.25) is 0 Å². The number of benzene rings is 1. The van der Waals surface area contributed by atoms with Crippen LogP contribution in [-0.4, -0.2) is 74.0 Å². The largest absolute Gasteiger partial charge is 0.368 e. The molecule has 0 saturated heterocycles. The van der Waals surface area contributed by atoms with Gasteiger partial charge in [0.1, 0.15) is 0 Å². The maximum atomic E-state index is 3.89. The van der Waals surface area contributed by atoms with E-state index < -0.39 is 0 Å². The lowest BCUT2D eigenvalue weighted by molar-refractivity contribution is 0.281. The Morgan fingerprint density at radius 1 is 0.702 bits per heavy atom. The van der Waals surface area contributed by atoms with Crippen LogP contribution in [-0.2, 0) is 0 Å². The lowest BCUT2D eigenvalue weighted by Crippen LogP contribution is -2.47. The number of rotatable bonds is 22. The molecule has 6 nitrogen and oxygen atoms in total. The maximum Gasteiger partial charge on any atom is 0.0371 e. The van der Waals surface area contributed by atoms with Gasteiger partial charge >= 0.3 is 0 Å². The van der Waals surface area contributed by atoms with E-state index in [9.17, 15) is 0 Å². The summed E-state index contributed by atoms with van der Waals surface area (Å²) in [5, 5.41) is 18.9. The van der Waals surface area contributed by atoms with Crippen LogP contribution in [0.4, 0.5) is 5.69 Å². The first-order valence-electron chi connectivity index (χ1n) is 20.0. The van der Waals surface area contributed by atoms with Crippen LogP contribution < -0.4 is 31.5 Å². The molecule has 268 valence electrons. The lowest BCUT2D eigenvalue weighted by Gasteiger charge is -2.33. The summed E-state index contributed by atoms with van der Waals surface area (Å²) in [6.45, 7) is 22.9. The number of anilines is 1. The molecule has 1 aromatic carbocycles. The van der Waals surface area contributed by atoms with Crippen molar-refractivity contribution in [2.45, 2.75) is 173 Å². The SMILES string of the molecule is CC(C)(C)NCCCN(c1cccc(C2CC2NCCNC(C)(C)CCC(C)(C)NCCCNC2CC2)c1)C1CC1C1CCCCC1. The molecular weight excluding hydrogens is 576 g/mol. The van der Waals surface area contributed by atoms with Gasteiger partial charge in [0.2, 0.25) is 0 Å². The third kappa shape index (κ3) is 12.9. The molecule has 5 N–H and O–H groups in total. The Labute approximate surface area is 290 Å². The third-order valence-corrected chi connectivity index (χ3v) is 11.6. The van der Waals surface area contributed by atoms with Crippen molar-refractivity contribution in [3.05, 3.63) is 29.8 Å². The Bertz CT molecular complexity index is 1070. The van der Waals surface area contributed by atoms with Crippen LogP contribution in [0.25, 0.3) is 0 Å². The van der Waals surface area contributed by atoms with Crippen molar-refractivity contribution in [3.8, 4) is 0 Å². The minimum Gasteiger partial charge on any atom is -0.368 e. The molecule has 4 fully saturated rings. The highest BCUT2D eigenvalue weighted by atomic mass is 15.2. The van der Waals surface area contributed by atoms with Crippen LogP contribution in [0.15, 0.2) is 24.3 Å². The van der Waals surface area contributed by atoms with E-state index >= 15 is 0 Å². The first-order chi connectivity index (χ1) is 22.4. The van der Waals surface area contributed by atoms with E-state index in [1.807, 2.05) is 0 Å². The summed E-state index contributed by atoms with van der Waals surface area (Å²) in [6, 6.07) is 11.9. The summed E-state index contributed by atoms with van der Waals surface area (Å²) < 4.78 is 0. The zero-order chi connectivity index (χ0) is 33.5. The number of nitrogens with one attached hydrogen (secondary N) is 5. The van der Waals surface area contributed by atoms with Crippen molar-refractivity contribution in [1.82, 2.24) is 26.6 Å². The van der Waals surface area contributed by atoms with E-state index in [0.29, 0.717) is 12.0 Å². The molecule has 4 saturated carbocycles. The fourth-order valence-electron chi connectivity index (χ4n) is 8.12. The molecule has 47 heavy (non-hydrogen) atoms. The van der Waals surface area contributed by atoms with Crippen LogP contribution in [0.2, 0.25) is 0 Å². The molecule has 6 heteroatoms. The minimum atomic E-state index is 0.148. The first-order valence-corrected chi connectivity index (χ1v) is 20.0. The summed E-state index contributed by atoms with van der Waals surface area (Å²) in [5.41, 5.74) is 3.54. The molecule has 5 rings (SSSR count). The Morgan fingerprint density at radius 3 is 2.11 bits per heavy atom. The molecule has 1 aromatic rings. The number of nitrogens with zero attached hydrogens (tertiary/aromatic N) is 1. The topological polar surface area (TPSA) is 63.4 Å². The second-order valence-electron chi connectivity index (χ2n) is 18.3. The molecule has 4 unspecified atom stereocenters. The van der Waals surface area contributed by atoms with E-state index in [-0.39, 0.29) is 16.6 Å². The van der Waals surface area contributed by atoms with Gasteiger partial charge in [-0.15, -0.1) is 0 Å². The maximum absolute atomic E-state index is 3.89. The van der Waals surface area contributed by atoms with Gasteiger partial charge in [-0.25, -0.2) is 0 Å². The zero-order valence-corrected chi connectivity index (χ0v) is 31.7. The van der Waals surface area contributed by atoms with Crippen molar-refractivity contribution >= 4 is 5.69 Å². The Balaban J connectivity index is 1.03. The normalized spacial score (nSPS) is 25.3. The molecule has 4 aliphatic carbocycles. The second kappa shape index (κ2) is 16.7. The second-order valence-corrected chi connectivity index (χ2v) is 18.3. The van der Waals surface area contributed by atoms with Crippen molar-refractivity contribution in [1.29, 1.82) is 0 Å². The fraction of sp³-hybridized carbons (Fsp3) is 0.854. The Morgan fingerprint density at radius 2 is 1.40 bits per heavy atom. The van der Waals surface area contributed by atoms with Gasteiger partial charge < -0.3 is 31.5 Å². The van der Waals surface area contributed by atoms with Crippen molar-refractivity contribution in [2.24, 2.45) is 11.8 Å².